The maximum absolute atomic E-state index is 12.1. The minimum Gasteiger partial charge on any atom is -0.379 e. The Labute approximate surface area is 135 Å². The highest BCUT2D eigenvalue weighted by Crippen LogP contribution is 2.23. The van der Waals surface area contributed by atoms with Crippen molar-refractivity contribution >= 4 is 42.8 Å². The molecule has 0 amide bonds. The Morgan fingerprint density at radius 2 is 1.48 bits per heavy atom. The van der Waals surface area contributed by atoms with E-state index in [9.17, 15) is 16.8 Å². The van der Waals surface area contributed by atoms with Gasteiger partial charge in [-0.05, 0) is 59.0 Å². The van der Waals surface area contributed by atoms with Gasteiger partial charge in [0.25, 0.3) is 10.1 Å². The zero-order valence-corrected chi connectivity index (χ0v) is 14.1. The Balaban J connectivity index is 2.32. The summed E-state index contributed by atoms with van der Waals surface area (Å²) in [6.07, 6.45) is 0. The van der Waals surface area contributed by atoms with Gasteiger partial charge in [0.1, 0.15) is 10.6 Å². The Bertz CT molecular complexity index is 857. The van der Waals surface area contributed by atoms with Crippen molar-refractivity contribution in [3.05, 3.63) is 52.1 Å². The van der Waals surface area contributed by atoms with Crippen LogP contribution < -0.4 is 4.18 Å². The fraction of sp³-hybridized carbons (Fsp3) is 0. The fourth-order valence-electron chi connectivity index (χ4n) is 1.49. The lowest BCUT2D eigenvalue weighted by Gasteiger charge is -2.08. The van der Waals surface area contributed by atoms with Crippen LogP contribution >= 0.6 is 22.6 Å². The van der Waals surface area contributed by atoms with Crippen LogP contribution in [-0.4, -0.2) is 21.4 Å². The van der Waals surface area contributed by atoms with Gasteiger partial charge in [0.05, 0.1) is 4.90 Å². The van der Waals surface area contributed by atoms with Gasteiger partial charge in [0, 0.05) is 3.57 Å². The normalized spacial score (nSPS) is 12.1. The molecule has 0 atom stereocenters. The van der Waals surface area contributed by atoms with Crippen LogP contribution in [0.4, 0.5) is 0 Å². The van der Waals surface area contributed by atoms with E-state index in [-0.39, 0.29) is 15.5 Å². The number of halogens is 1. The molecule has 0 aliphatic heterocycles. The quantitative estimate of drug-likeness (QED) is 0.445. The van der Waals surface area contributed by atoms with Crippen LogP contribution in [0.5, 0.6) is 5.75 Å². The summed E-state index contributed by atoms with van der Waals surface area (Å²) in [5.41, 5.74) is 0. The zero-order chi connectivity index (χ0) is 15.7. The van der Waals surface area contributed by atoms with E-state index in [2.05, 4.69) is 0 Å². The van der Waals surface area contributed by atoms with E-state index in [1.54, 1.807) is 18.2 Å². The fourth-order valence-corrected chi connectivity index (χ4v) is 4.17. The second kappa shape index (κ2) is 5.91. The molecule has 0 bridgehead atoms. The minimum atomic E-state index is -4.33. The molecule has 0 unspecified atom stereocenters. The van der Waals surface area contributed by atoms with Crippen molar-refractivity contribution in [3.63, 3.8) is 0 Å². The first-order valence-electron chi connectivity index (χ1n) is 5.47. The van der Waals surface area contributed by atoms with Crippen molar-refractivity contribution < 1.29 is 25.6 Å². The lowest BCUT2D eigenvalue weighted by molar-refractivity contribution is 0.482. The second-order valence-corrected chi connectivity index (χ2v) is 8.01. The molecule has 0 aromatic heterocycles. The molecule has 0 aliphatic carbocycles. The lowest BCUT2D eigenvalue weighted by Crippen LogP contribution is -2.11. The SMILES string of the molecule is O=S(=O)(O)c1ccc(OS(=O)(=O)c2ccccc2I)cc1. The van der Waals surface area contributed by atoms with Gasteiger partial charge >= 0.3 is 10.1 Å². The molecular weight excluding hydrogens is 431 g/mol. The molecule has 0 fully saturated rings. The Kier molecular flexibility index (Phi) is 4.56. The summed E-state index contributed by atoms with van der Waals surface area (Å²) in [6.45, 7) is 0. The summed E-state index contributed by atoms with van der Waals surface area (Å²) in [6, 6.07) is 10.7. The number of hydrogen-bond donors (Lipinski definition) is 1. The summed E-state index contributed by atoms with van der Waals surface area (Å²) in [5.74, 6) is -0.0537. The molecule has 9 heteroatoms. The summed E-state index contributed by atoms with van der Waals surface area (Å²) in [4.78, 5) is -0.328. The van der Waals surface area contributed by atoms with Gasteiger partial charge in [-0.15, -0.1) is 0 Å². The topological polar surface area (TPSA) is 97.7 Å². The van der Waals surface area contributed by atoms with Gasteiger partial charge < -0.3 is 4.18 Å². The molecule has 1 N–H and O–H groups in total. The van der Waals surface area contributed by atoms with E-state index >= 15 is 0 Å². The first kappa shape index (κ1) is 16.2. The highest BCUT2D eigenvalue weighted by atomic mass is 127. The molecule has 0 heterocycles. The smallest absolute Gasteiger partial charge is 0.340 e. The van der Waals surface area contributed by atoms with Crippen LogP contribution in [0.3, 0.4) is 0 Å². The molecule has 0 spiro atoms. The first-order valence-corrected chi connectivity index (χ1v) is 9.39. The van der Waals surface area contributed by atoms with Crippen molar-refractivity contribution in [2.45, 2.75) is 9.79 Å². The van der Waals surface area contributed by atoms with Crippen LogP contribution in [-0.2, 0) is 20.2 Å². The molecule has 0 aliphatic rings. The summed E-state index contributed by atoms with van der Waals surface area (Å²) < 4.78 is 60.3. The molecule has 21 heavy (non-hydrogen) atoms. The van der Waals surface area contributed by atoms with E-state index in [1.165, 1.54) is 6.07 Å². The van der Waals surface area contributed by atoms with Crippen LogP contribution in [0.2, 0.25) is 0 Å². The summed E-state index contributed by atoms with van der Waals surface area (Å²) in [7, 11) is -8.34. The minimum absolute atomic E-state index is 0.0180. The standard InChI is InChI=1S/C12H9IO6S2/c13-11-3-1-2-4-12(11)21(17,18)19-9-5-7-10(8-6-9)20(14,15)16/h1-8H,(H,14,15,16). The molecule has 2 rings (SSSR count). The highest BCUT2D eigenvalue weighted by molar-refractivity contribution is 14.1. The van der Waals surface area contributed by atoms with Gasteiger partial charge in [0.2, 0.25) is 0 Å². The van der Waals surface area contributed by atoms with Crippen LogP contribution in [0.1, 0.15) is 0 Å². The summed E-state index contributed by atoms with van der Waals surface area (Å²) in [5, 5.41) is 0. The molecule has 0 saturated carbocycles. The Morgan fingerprint density at radius 3 is 2.00 bits per heavy atom. The van der Waals surface area contributed by atoms with Crippen molar-refractivity contribution in [3.8, 4) is 5.75 Å². The van der Waals surface area contributed by atoms with Crippen molar-refractivity contribution in [2.24, 2.45) is 0 Å². The van der Waals surface area contributed by atoms with Gasteiger partial charge in [-0.25, -0.2) is 0 Å². The van der Waals surface area contributed by atoms with Gasteiger partial charge in [-0.3, -0.25) is 4.55 Å². The maximum atomic E-state index is 12.1. The van der Waals surface area contributed by atoms with Crippen LogP contribution in [0.25, 0.3) is 0 Å². The van der Waals surface area contributed by atoms with Gasteiger partial charge in [-0.1, -0.05) is 12.1 Å². The summed E-state index contributed by atoms with van der Waals surface area (Å²) >= 11 is 1.87. The lowest BCUT2D eigenvalue weighted by atomic mass is 10.3. The average Bonchev–Trinajstić information content (AvgIpc) is 2.38. The van der Waals surface area contributed by atoms with E-state index in [0.29, 0.717) is 3.57 Å². The molecule has 112 valence electrons. The van der Waals surface area contributed by atoms with Gasteiger partial charge in [-0.2, -0.15) is 16.8 Å². The third-order valence-corrected chi connectivity index (χ3v) is 5.91. The average molecular weight is 440 g/mol. The third-order valence-electron chi connectivity index (χ3n) is 2.43. The first-order chi connectivity index (χ1) is 9.70. The molecule has 2 aromatic carbocycles. The molecule has 6 nitrogen and oxygen atoms in total. The predicted octanol–water partition coefficient (Wildman–Crippen LogP) is 2.31. The molecule has 2 aromatic rings. The predicted molar refractivity (Wildman–Crippen MR) is 83.2 cm³/mol. The van der Waals surface area contributed by atoms with Crippen LogP contribution in [0, 0.1) is 3.57 Å². The molecular formula is C12H9IO6S2. The number of rotatable bonds is 4. The van der Waals surface area contributed by atoms with Crippen molar-refractivity contribution in [1.29, 1.82) is 0 Å². The van der Waals surface area contributed by atoms with E-state index < -0.39 is 20.2 Å². The monoisotopic (exact) mass is 440 g/mol. The highest BCUT2D eigenvalue weighted by Gasteiger charge is 2.20. The van der Waals surface area contributed by atoms with Crippen molar-refractivity contribution in [2.75, 3.05) is 0 Å². The largest absolute Gasteiger partial charge is 0.379 e. The zero-order valence-electron chi connectivity index (χ0n) is 10.3. The van der Waals surface area contributed by atoms with E-state index in [0.717, 1.165) is 24.3 Å². The maximum Gasteiger partial charge on any atom is 0.340 e. The third kappa shape index (κ3) is 3.93. The van der Waals surface area contributed by atoms with Gasteiger partial charge in [0.15, 0.2) is 0 Å². The van der Waals surface area contributed by atoms with Crippen molar-refractivity contribution in [1.82, 2.24) is 0 Å². The number of benzene rings is 2. The van der Waals surface area contributed by atoms with E-state index in [4.69, 9.17) is 8.74 Å². The molecule has 0 saturated heterocycles. The Morgan fingerprint density at radius 1 is 0.905 bits per heavy atom. The van der Waals surface area contributed by atoms with E-state index in [1.807, 2.05) is 22.6 Å². The molecule has 0 radical (unpaired) electrons. The number of hydrogen-bond acceptors (Lipinski definition) is 5. The Hall–Kier alpha value is -1.17. The van der Waals surface area contributed by atoms with Crippen LogP contribution in [0.15, 0.2) is 58.3 Å². The second-order valence-electron chi connectivity index (χ2n) is 3.91.